The molecule has 36 heavy (non-hydrogen) atoms. The molecule has 6 rings (SSSR count). The number of benzene rings is 2. The van der Waals surface area contributed by atoms with Crippen LogP contribution in [0.2, 0.25) is 0 Å². The number of nitrogens with one attached hydrogen (secondary N) is 3. The summed E-state index contributed by atoms with van der Waals surface area (Å²) >= 11 is 0. The van der Waals surface area contributed by atoms with E-state index in [-0.39, 0.29) is 23.9 Å². The van der Waals surface area contributed by atoms with E-state index >= 15 is 0 Å². The average molecular weight is 483 g/mol. The number of ether oxygens (including phenoxy) is 1. The van der Waals surface area contributed by atoms with Gasteiger partial charge in [0.1, 0.15) is 6.10 Å². The van der Waals surface area contributed by atoms with Crippen LogP contribution in [0.25, 0.3) is 0 Å². The summed E-state index contributed by atoms with van der Waals surface area (Å²) in [5.74, 6) is -0.214. The number of aromatic nitrogens is 3. The summed E-state index contributed by atoms with van der Waals surface area (Å²) in [4.78, 5) is 24.0. The highest BCUT2D eigenvalue weighted by Gasteiger charge is 2.41. The van der Waals surface area contributed by atoms with E-state index in [4.69, 9.17) is 4.74 Å². The largest absolute Gasteiger partial charge is 0.443 e. The first-order valence-electron chi connectivity index (χ1n) is 11.8. The Morgan fingerprint density at radius 1 is 0.972 bits per heavy atom. The zero-order chi connectivity index (χ0) is 24.5. The van der Waals surface area contributed by atoms with E-state index in [1.54, 1.807) is 12.4 Å². The maximum atomic E-state index is 14.5. The Morgan fingerprint density at radius 3 is 2.53 bits per heavy atom. The van der Waals surface area contributed by atoms with Crippen molar-refractivity contribution in [1.29, 1.82) is 0 Å². The molecule has 0 spiro atoms. The minimum Gasteiger partial charge on any atom is -0.443 e. The standard InChI is InChI=1S/C27H23FN6O2/c28-22-15-30-26(32-20-8-5-18-13-23-24(21(18)14-20)33-27(35)36-23)34-25(22)31-19-6-3-16(4-7-19)1-2-17-9-11-29-12-10-17/h3-12,14-15,23-24H,1-2,13H2,(H,33,35)(H2,30,31,32,34)/t23-,24+/m1/s1. The zero-order valence-corrected chi connectivity index (χ0v) is 19.2. The molecule has 1 aliphatic carbocycles. The molecule has 2 aromatic carbocycles. The van der Waals surface area contributed by atoms with Crippen LogP contribution in [0.1, 0.15) is 28.3 Å². The molecule has 180 valence electrons. The lowest BCUT2D eigenvalue weighted by Crippen LogP contribution is -2.18. The highest BCUT2D eigenvalue weighted by atomic mass is 19.1. The van der Waals surface area contributed by atoms with Gasteiger partial charge in [0, 0.05) is 30.2 Å². The van der Waals surface area contributed by atoms with Gasteiger partial charge in [0.15, 0.2) is 11.6 Å². The minimum absolute atomic E-state index is 0.0784. The van der Waals surface area contributed by atoms with E-state index < -0.39 is 11.9 Å². The lowest BCUT2D eigenvalue weighted by Gasteiger charge is -2.12. The predicted octanol–water partition coefficient (Wildman–Crippen LogP) is 4.99. The fraction of sp³-hybridized carbons (Fsp3) is 0.185. The molecule has 4 aromatic rings. The van der Waals surface area contributed by atoms with Gasteiger partial charge >= 0.3 is 6.09 Å². The van der Waals surface area contributed by atoms with Gasteiger partial charge in [0.25, 0.3) is 0 Å². The van der Waals surface area contributed by atoms with Gasteiger partial charge in [-0.05, 0) is 71.5 Å². The maximum absolute atomic E-state index is 14.5. The van der Waals surface area contributed by atoms with Crippen molar-refractivity contribution in [2.24, 2.45) is 0 Å². The van der Waals surface area contributed by atoms with E-state index in [9.17, 15) is 9.18 Å². The molecule has 1 amide bonds. The van der Waals surface area contributed by atoms with Crippen molar-refractivity contribution >= 4 is 29.2 Å². The van der Waals surface area contributed by atoms with Gasteiger partial charge in [0.2, 0.25) is 5.95 Å². The summed E-state index contributed by atoms with van der Waals surface area (Å²) in [6, 6.07) is 17.6. The van der Waals surface area contributed by atoms with Crippen LogP contribution in [0.4, 0.5) is 32.3 Å². The third-order valence-electron chi connectivity index (χ3n) is 6.47. The summed E-state index contributed by atoms with van der Waals surface area (Å²) in [5.41, 5.74) is 6.02. The van der Waals surface area contributed by atoms with Gasteiger partial charge in [-0.2, -0.15) is 4.98 Å². The van der Waals surface area contributed by atoms with Gasteiger partial charge in [0.05, 0.1) is 12.2 Å². The molecule has 1 saturated heterocycles. The number of carbonyl (C=O) groups excluding carboxylic acids is 1. The van der Waals surface area contributed by atoms with Gasteiger partial charge in [-0.1, -0.05) is 18.2 Å². The van der Waals surface area contributed by atoms with Crippen molar-refractivity contribution in [2.45, 2.75) is 31.4 Å². The number of pyridine rings is 1. The van der Waals surface area contributed by atoms with Gasteiger partial charge in [-0.25, -0.2) is 14.2 Å². The molecule has 8 nitrogen and oxygen atoms in total. The number of rotatable bonds is 7. The minimum atomic E-state index is -0.551. The third kappa shape index (κ3) is 4.55. The zero-order valence-electron chi connectivity index (χ0n) is 19.2. The molecule has 3 heterocycles. The quantitative estimate of drug-likeness (QED) is 0.341. The second-order valence-electron chi connectivity index (χ2n) is 8.88. The fourth-order valence-corrected chi connectivity index (χ4v) is 4.64. The van der Waals surface area contributed by atoms with Crippen LogP contribution in [0.15, 0.2) is 73.2 Å². The van der Waals surface area contributed by atoms with Crippen LogP contribution in [0, 0.1) is 5.82 Å². The second kappa shape index (κ2) is 9.26. The Bertz CT molecular complexity index is 1410. The summed E-state index contributed by atoms with van der Waals surface area (Å²) in [5, 5.41) is 9.02. The van der Waals surface area contributed by atoms with Crippen LogP contribution in [-0.4, -0.2) is 27.1 Å². The molecule has 1 aliphatic heterocycles. The first-order valence-corrected chi connectivity index (χ1v) is 11.8. The van der Waals surface area contributed by atoms with Crippen molar-refractivity contribution in [2.75, 3.05) is 10.6 Å². The molecule has 1 fully saturated rings. The molecule has 0 saturated carbocycles. The Balaban J connectivity index is 1.13. The number of hydrogen-bond acceptors (Lipinski definition) is 7. The smallest absolute Gasteiger partial charge is 0.408 e. The molecule has 2 aromatic heterocycles. The number of fused-ring (bicyclic) bond motifs is 3. The molecule has 0 unspecified atom stereocenters. The van der Waals surface area contributed by atoms with Crippen molar-refractivity contribution in [3.8, 4) is 0 Å². The first kappa shape index (κ1) is 22.0. The molecule has 0 bridgehead atoms. The van der Waals surface area contributed by atoms with Gasteiger partial charge in [-0.3, -0.25) is 4.98 Å². The predicted molar refractivity (Wildman–Crippen MR) is 133 cm³/mol. The SMILES string of the molecule is O=C1N[C@H]2c3cc(Nc4ncc(F)c(Nc5ccc(CCc6ccncc6)cc5)n4)ccc3C[C@H]2O1. The van der Waals surface area contributed by atoms with E-state index in [0.717, 1.165) is 41.5 Å². The Labute approximate surface area is 207 Å². The highest BCUT2D eigenvalue weighted by molar-refractivity contribution is 5.72. The first-order chi connectivity index (χ1) is 17.6. The Morgan fingerprint density at radius 2 is 1.72 bits per heavy atom. The number of aryl methyl sites for hydroxylation is 2. The van der Waals surface area contributed by atoms with Gasteiger partial charge < -0.3 is 20.7 Å². The van der Waals surface area contributed by atoms with Crippen molar-refractivity contribution in [1.82, 2.24) is 20.3 Å². The van der Waals surface area contributed by atoms with Crippen LogP contribution >= 0.6 is 0 Å². The van der Waals surface area contributed by atoms with Crippen LogP contribution in [0.5, 0.6) is 0 Å². The Kier molecular flexibility index (Phi) is 5.65. The number of halogens is 1. The number of nitrogens with zero attached hydrogens (tertiary/aromatic N) is 3. The molecule has 9 heteroatoms. The topological polar surface area (TPSA) is 101 Å². The second-order valence-corrected chi connectivity index (χ2v) is 8.88. The highest BCUT2D eigenvalue weighted by Crippen LogP contribution is 2.38. The Hall–Kier alpha value is -4.53. The molecular weight excluding hydrogens is 459 g/mol. The number of anilines is 4. The molecule has 3 N–H and O–H groups in total. The number of amides is 1. The van der Waals surface area contributed by atoms with E-state index in [1.807, 2.05) is 54.6 Å². The molecule has 2 atom stereocenters. The maximum Gasteiger partial charge on any atom is 0.408 e. The van der Waals surface area contributed by atoms with E-state index in [1.165, 1.54) is 11.1 Å². The number of hydrogen-bond donors (Lipinski definition) is 3. The summed E-state index contributed by atoms with van der Waals surface area (Å²) in [7, 11) is 0. The third-order valence-corrected chi connectivity index (χ3v) is 6.47. The van der Waals surface area contributed by atoms with Crippen LogP contribution in [-0.2, 0) is 24.0 Å². The lowest BCUT2D eigenvalue weighted by atomic mass is 10.1. The average Bonchev–Trinajstić information content (AvgIpc) is 3.42. The molecule has 2 aliphatic rings. The van der Waals surface area contributed by atoms with Crippen LogP contribution < -0.4 is 16.0 Å². The fourth-order valence-electron chi connectivity index (χ4n) is 4.64. The van der Waals surface area contributed by atoms with Gasteiger partial charge in [-0.15, -0.1) is 0 Å². The van der Waals surface area contributed by atoms with Crippen LogP contribution in [0.3, 0.4) is 0 Å². The normalized spacial score (nSPS) is 17.6. The summed E-state index contributed by atoms with van der Waals surface area (Å²) < 4.78 is 19.8. The lowest BCUT2D eigenvalue weighted by molar-refractivity contribution is 0.136. The molecular formula is C27H23FN6O2. The molecule has 0 radical (unpaired) electrons. The van der Waals surface area contributed by atoms with E-state index in [0.29, 0.717) is 6.42 Å². The number of carbonyl (C=O) groups is 1. The summed E-state index contributed by atoms with van der Waals surface area (Å²) in [6.07, 6.45) is 6.66. The van der Waals surface area contributed by atoms with Crippen molar-refractivity contribution < 1.29 is 13.9 Å². The van der Waals surface area contributed by atoms with E-state index in [2.05, 4.69) is 30.9 Å². The number of alkyl carbamates (subject to hydrolysis) is 1. The van der Waals surface area contributed by atoms with Crippen molar-refractivity contribution in [3.63, 3.8) is 0 Å². The monoisotopic (exact) mass is 482 g/mol. The summed E-state index contributed by atoms with van der Waals surface area (Å²) in [6.45, 7) is 0. The van der Waals surface area contributed by atoms with Crippen molar-refractivity contribution in [3.05, 3.63) is 101 Å².